The van der Waals surface area contributed by atoms with E-state index in [-0.39, 0.29) is 11.9 Å². The van der Waals surface area contributed by atoms with E-state index in [1.165, 1.54) is 0 Å². The van der Waals surface area contributed by atoms with Crippen LogP contribution < -0.4 is 10.6 Å². The van der Waals surface area contributed by atoms with Crippen molar-refractivity contribution in [3.63, 3.8) is 0 Å². The van der Waals surface area contributed by atoms with E-state index in [1.54, 1.807) is 12.4 Å². The van der Waals surface area contributed by atoms with Gasteiger partial charge in [-0.1, -0.05) is 0 Å². The van der Waals surface area contributed by atoms with Crippen LogP contribution in [0.2, 0.25) is 0 Å². The lowest BCUT2D eigenvalue weighted by molar-refractivity contribution is -0.120. The number of aromatic nitrogens is 1. The van der Waals surface area contributed by atoms with Crippen LogP contribution in [0.5, 0.6) is 0 Å². The number of nitrogens with zero attached hydrogens (tertiary/aromatic N) is 1. The van der Waals surface area contributed by atoms with Crippen molar-refractivity contribution in [2.45, 2.75) is 31.8 Å². The number of amides is 1. The minimum absolute atomic E-state index is 0.0865. The van der Waals surface area contributed by atoms with Gasteiger partial charge in [0.05, 0.1) is 6.54 Å². The number of carbonyl (C=O) groups is 1. The van der Waals surface area contributed by atoms with Crippen molar-refractivity contribution in [3.8, 4) is 0 Å². The van der Waals surface area contributed by atoms with Gasteiger partial charge >= 0.3 is 0 Å². The molecule has 1 aromatic heterocycles. The first-order valence-electron chi connectivity index (χ1n) is 5.68. The Hall–Kier alpha value is -1.42. The van der Waals surface area contributed by atoms with Crippen molar-refractivity contribution >= 4 is 5.91 Å². The van der Waals surface area contributed by atoms with E-state index in [1.807, 2.05) is 19.1 Å². The van der Waals surface area contributed by atoms with Gasteiger partial charge < -0.3 is 10.6 Å². The summed E-state index contributed by atoms with van der Waals surface area (Å²) < 4.78 is 0. The molecule has 1 saturated carbocycles. The first-order chi connectivity index (χ1) is 7.75. The van der Waals surface area contributed by atoms with Gasteiger partial charge in [-0.25, -0.2) is 0 Å². The largest absolute Gasteiger partial charge is 0.352 e. The Balaban J connectivity index is 1.74. The van der Waals surface area contributed by atoms with Gasteiger partial charge in [0.25, 0.3) is 0 Å². The Bertz CT molecular complexity index is 349. The highest BCUT2D eigenvalue weighted by atomic mass is 16.2. The molecule has 1 aliphatic rings. The summed E-state index contributed by atoms with van der Waals surface area (Å²) in [5.41, 5.74) is 1.15. The Labute approximate surface area is 95.5 Å². The fourth-order valence-electron chi connectivity index (χ4n) is 1.52. The molecular formula is C12H17N3O. The van der Waals surface area contributed by atoms with Crippen LogP contribution in [0.15, 0.2) is 24.5 Å². The summed E-state index contributed by atoms with van der Waals surface area (Å²) in [6.45, 7) is 2.42. The molecule has 1 fully saturated rings. The monoisotopic (exact) mass is 219 g/mol. The highest BCUT2D eigenvalue weighted by Crippen LogP contribution is 2.18. The van der Waals surface area contributed by atoms with Crippen LogP contribution in [0.1, 0.15) is 31.4 Å². The molecule has 2 rings (SSSR count). The molecule has 1 atom stereocenters. The zero-order valence-electron chi connectivity index (χ0n) is 9.44. The molecule has 1 amide bonds. The number of rotatable bonds is 5. The van der Waals surface area contributed by atoms with Gasteiger partial charge in [-0.2, -0.15) is 0 Å². The smallest absolute Gasteiger partial charge is 0.234 e. The number of hydrogen-bond donors (Lipinski definition) is 2. The third-order valence-electron chi connectivity index (χ3n) is 2.72. The van der Waals surface area contributed by atoms with Crippen molar-refractivity contribution in [3.05, 3.63) is 30.1 Å². The van der Waals surface area contributed by atoms with Crippen molar-refractivity contribution in [2.75, 3.05) is 6.54 Å². The highest BCUT2D eigenvalue weighted by Gasteiger charge is 2.23. The summed E-state index contributed by atoms with van der Waals surface area (Å²) in [4.78, 5) is 15.4. The van der Waals surface area contributed by atoms with Gasteiger partial charge in [0, 0.05) is 24.5 Å². The van der Waals surface area contributed by atoms with Crippen molar-refractivity contribution < 1.29 is 4.79 Å². The van der Waals surface area contributed by atoms with Crippen LogP contribution in [0.4, 0.5) is 0 Å². The van der Waals surface area contributed by atoms with Crippen LogP contribution >= 0.6 is 0 Å². The molecule has 0 aromatic carbocycles. The number of hydrogen-bond acceptors (Lipinski definition) is 3. The molecule has 4 nitrogen and oxygen atoms in total. The molecule has 16 heavy (non-hydrogen) atoms. The maximum Gasteiger partial charge on any atom is 0.234 e. The van der Waals surface area contributed by atoms with E-state index < -0.39 is 0 Å². The van der Waals surface area contributed by atoms with Gasteiger partial charge in [0.2, 0.25) is 5.91 Å². The van der Waals surface area contributed by atoms with Crippen molar-refractivity contribution in [1.82, 2.24) is 15.6 Å². The number of nitrogens with one attached hydrogen (secondary N) is 2. The molecule has 0 radical (unpaired) electrons. The normalized spacial score (nSPS) is 16.8. The predicted octanol–water partition coefficient (Wildman–Crippen LogP) is 1.01. The molecule has 0 aliphatic heterocycles. The van der Waals surface area contributed by atoms with E-state index in [0.717, 1.165) is 18.4 Å². The zero-order chi connectivity index (χ0) is 11.4. The average molecular weight is 219 g/mol. The predicted molar refractivity (Wildman–Crippen MR) is 61.8 cm³/mol. The van der Waals surface area contributed by atoms with Crippen LogP contribution in [0, 0.1) is 0 Å². The molecule has 0 unspecified atom stereocenters. The third kappa shape index (κ3) is 3.31. The summed E-state index contributed by atoms with van der Waals surface area (Å²) in [7, 11) is 0. The maximum atomic E-state index is 11.4. The molecule has 1 aliphatic carbocycles. The quantitative estimate of drug-likeness (QED) is 0.777. The summed E-state index contributed by atoms with van der Waals surface area (Å²) in [6, 6.07) is 4.52. The maximum absolute atomic E-state index is 11.4. The van der Waals surface area contributed by atoms with E-state index in [0.29, 0.717) is 12.6 Å². The summed E-state index contributed by atoms with van der Waals surface area (Å²) in [6.07, 6.45) is 5.78. The van der Waals surface area contributed by atoms with Crippen molar-refractivity contribution in [1.29, 1.82) is 0 Å². The van der Waals surface area contributed by atoms with Gasteiger partial charge in [-0.3, -0.25) is 9.78 Å². The lowest BCUT2D eigenvalue weighted by Crippen LogP contribution is -2.36. The van der Waals surface area contributed by atoms with Gasteiger partial charge in [0.1, 0.15) is 0 Å². The van der Waals surface area contributed by atoms with Gasteiger partial charge in [-0.05, 0) is 37.5 Å². The number of carbonyl (C=O) groups excluding carboxylic acids is 1. The van der Waals surface area contributed by atoms with Crippen molar-refractivity contribution in [2.24, 2.45) is 0 Å². The summed E-state index contributed by atoms with van der Waals surface area (Å²) >= 11 is 0. The van der Waals surface area contributed by atoms with Gasteiger partial charge in [0.15, 0.2) is 0 Å². The fraction of sp³-hybridized carbons (Fsp3) is 0.500. The standard InChI is InChI=1S/C12H17N3O/c1-9(10-4-6-13-7-5-10)14-8-12(16)15-11-2-3-11/h4-7,9,11,14H,2-3,8H2,1H3,(H,15,16)/t9-/m1/s1. The minimum atomic E-state index is 0.0865. The first kappa shape index (κ1) is 11.1. The van der Waals surface area contributed by atoms with E-state index in [4.69, 9.17) is 0 Å². The second-order valence-corrected chi connectivity index (χ2v) is 4.22. The Kier molecular flexibility index (Phi) is 3.51. The zero-order valence-corrected chi connectivity index (χ0v) is 9.44. The van der Waals surface area contributed by atoms with Crippen LogP contribution in [-0.2, 0) is 4.79 Å². The van der Waals surface area contributed by atoms with E-state index in [9.17, 15) is 4.79 Å². The summed E-state index contributed by atoms with van der Waals surface area (Å²) in [5.74, 6) is 0.0865. The topological polar surface area (TPSA) is 54.0 Å². The molecular weight excluding hydrogens is 202 g/mol. The molecule has 0 spiro atoms. The van der Waals surface area contributed by atoms with Crippen LogP contribution in [-0.4, -0.2) is 23.5 Å². The van der Waals surface area contributed by atoms with E-state index >= 15 is 0 Å². The van der Waals surface area contributed by atoms with Crippen LogP contribution in [0.25, 0.3) is 0 Å². The molecule has 1 aromatic rings. The molecule has 2 N–H and O–H groups in total. The highest BCUT2D eigenvalue weighted by molar-refractivity contribution is 5.78. The SMILES string of the molecule is C[C@@H](NCC(=O)NC1CC1)c1ccncc1. The summed E-state index contributed by atoms with van der Waals surface area (Å²) in [5, 5.41) is 6.14. The average Bonchev–Trinajstić information content (AvgIpc) is 3.11. The third-order valence-corrected chi connectivity index (χ3v) is 2.72. The Morgan fingerprint density at radius 1 is 1.50 bits per heavy atom. The second-order valence-electron chi connectivity index (χ2n) is 4.22. The lowest BCUT2D eigenvalue weighted by Gasteiger charge is -2.13. The second kappa shape index (κ2) is 5.07. The van der Waals surface area contributed by atoms with Crippen LogP contribution in [0.3, 0.4) is 0 Å². The Morgan fingerprint density at radius 2 is 2.19 bits per heavy atom. The molecule has 1 heterocycles. The molecule has 4 heteroatoms. The fourth-order valence-corrected chi connectivity index (χ4v) is 1.52. The lowest BCUT2D eigenvalue weighted by atomic mass is 10.1. The van der Waals surface area contributed by atoms with Gasteiger partial charge in [-0.15, -0.1) is 0 Å². The Morgan fingerprint density at radius 3 is 2.81 bits per heavy atom. The van der Waals surface area contributed by atoms with E-state index in [2.05, 4.69) is 15.6 Å². The number of pyridine rings is 1. The minimum Gasteiger partial charge on any atom is -0.352 e. The molecule has 86 valence electrons. The molecule has 0 saturated heterocycles. The molecule has 0 bridgehead atoms. The first-order valence-corrected chi connectivity index (χ1v) is 5.68.